The first-order valence-electron chi connectivity index (χ1n) is 9.21. The molecule has 3 aromatic carbocycles. The van der Waals surface area contributed by atoms with Crippen molar-refractivity contribution in [3.05, 3.63) is 66.7 Å². The molecular formula is C21H18N4O2S2. The van der Waals surface area contributed by atoms with Gasteiger partial charge in [0, 0.05) is 23.0 Å². The molecule has 6 nitrogen and oxygen atoms in total. The summed E-state index contributed by atoms with van der Waals surface area (Å²) >= 11 is 1.70. The van der Waals surface area contributed by atoms with Crippen LogP contribution in [0.3, 0.4) is 0 Å². The fourth-order valence-corrected chi connectivity index (χ4v) is 5.54. The summed E-state index contributed by atoms with van der Waals surface area (Å²) in [4.78, 5) is 0.232. The average Bonchev–Trinajstić information content (AvgIpc) is 3.26. The number of benzene rings is 3. The van der Waals surface area contributed by atoms with Crippen LogP contribution in [0, 0.1) is 0 Å². The summed E-state index contributed by atoms with van der Waals surface area (Å²) in [6, 6.07) is 20.1. The van der Waals surface area contributed by atoms with Crippen LogP contribution < -0.4 is 4.72 Å². The summed E-state index contributed by atoms with van der Waals surface area (Å²) in [7, 11) is -3.71. The zero-order valence-electron chi connectivity index (χ0n) is 15.6. The number of thioether (sulfide) groups is 1. The second-order valence-corrected chi connectivity index (χ2v) is 10.1. The summed E-state index contributed by atoms with van der Waals surface area (Å²) in [6.45, 7) is 2.99. The molecular weight excluding hydrogens is 404 g/mol. The minimum atomic E-state index is -3.71. The highest BCUT2D eigenvalue weighted by molar-refractivity contribution is 7.99. The van der Waals surface area contributed by atoms with Crippen molar-refractivity contribution in [3.63, 3.8) is 0 Å². The maximum atomic E-state index is 12.9. The van der Waals surface area contributed by atoms with Crippen LogP contribution >= 0.6 is 11.8 Å². The van der Waals surface area contributed by atoms with Crippen molar-refractivity contribution < 1.29 is 8.42 Å². The first kappa shape index (κ1) is 18.2. The minimum Gasteiger partial charge on any atom is -0.301 e. The molecule has 0 saturated heterocycles. The first-order chi connectivity index (χ1) is 14.0. The quantitative estimate of drug-likeness (QED) is 0.528. The zero-order valence-corrected chi connectivity index (χ0v) is 17.2. The summed E-state index contributed by atoms with van der Waals surface area (Å²) in [6.07, 6.45) is 0. The molecule has 0 radical (unpaired) electrons. The van der Waals surface area contributed by atoms with Crippen LogP contribution in [-0.2, 0) is 16.6 Å². The number of rotatable bonds is 4. The Kier molecular flexibility index (Phi) is 4.33. The van der Waals surface area contributed by atoms with E-state index < -0.39 is 10.0 Å². The third kappa shape index (κ3) is 3.38. The van der Waals surface area contributed by atoms with Crippen molar-refractivity contribution in [1.29, 1.82) is 0 Å². The lowest BCUT2D eigenvalue weighted by Gasteiger charge is -2.11. The van der Waals surface area contributed by atoms with Crippen molar-refractivity contribution >= 4 is 38.2 Å². The Morgan fingerprint density at radius 3 is 2.69 bits per heavy atom. The summed E-state index contributed by atoms with van der Waals surface area (Å²) < 4.78 is 30.6. The molecule has 0 saturated carbocycles. The molecule has 8 heteroatoms. The van der Waals surface area contributed by atoms with E-state index >= 15 is 0 Å². The van der Waals surface area contributed by atoms with Crippen LogP contribution in [0.5, 0.6) is 0 Å². The highest BCUT2D eigenvalue weighted by atomic mass is 32.2. The summed E-state index contributed by atoms with van der Waals surface area (Å²) in [5.74, 6) is 0.753. The number of nitrogens with one attached hydrogen (secondary N) is 1. The number of fused-ring (bicyclic) bond motifs is 2. The van der Waals surface area contributed by atoms with E-state index in [0.717, 1.165) is 33.9 Å². The molecule has 1 aromatic heterocycles. The number of sulfonamides is 1. The van der Waals surface area contributed by atoms with Gasteiger partial charge in [-0.15, -0.1) is 10.2 Å². The molecule has 2 heterocycles. The molecule has 0 unspecified atom stereocenters. The van der Waals surface area contributed by atoms with Crippen LogP contribution in [0.15, 0.2) is 76.8 Å². The Morgan fingerprint density at radius 1 is 1.00 bits per heavy atom. The number of aromatic nitrogens is 3. The number of anilines is 1. The number of hydrogen-bond acceptors (Lipinski definition) is 5. The van der Waals surface area contributed by atoms with Crippen LogP contribution in [0.1, 0.15) is 6.92 Å². The second-order valence-electron chi connectivity index (χ2n) is 7.04. The van der Waals surface area contributed by atoms with Gasteiger partial charge in [0.1, 0.15) is 0 Å². The maximum Gasteiger partial charge on any atom is 0.261 e. The minimum absolute atomic E-state index is 0.232. The molecule has 0 fully saturated rings. The molecule has 5 rings (SSSR count). The molecule has 0 spiro atoms. The van der Waals surface area contributed by atoms with Gasteiger partial charge in [-0.1, -0.05) is 61.2 Å². The van der Waals surface area contributed by atoms with Gasteiger partial charge in [0.25, 0.3) is 10.0 Å². The molecule has 1 N–H and O–H groups in total. The molecule has 0 amide bonds. The van der Waals surface area contributed by atoms with Crippen molar-refractivity contribution in [2.45, 2.75) is 28.8 Å². The Labute approximate surface area is 173 Å². The van der Waals surface area contributed by atoms with Crippen LogP contribution in [0.2, 0.25) is 0 Å². The molecule has 1 aliphatic rings. The predicted molar refractivity (Wildman–Crippen MR) is 116 cm³/mol. The SMILES string of the molecule is C[C@@H]1Cn2c(nnc2-c2cccc(NS(=O)(=O)c3ccc4ccccc4c3)c2)S1. The van der Waals surface area contributed by atoms with E-state index in [0.29, 0.717) is 10.9 Å². The molecule has 29 heavy (non-hydrogen) atoms. The van der Waals surface area contributed by atoms with Crippen LogP contribution in [0.25, 0.3) is 22.2 Å². The van der Waals surface area contributed by atoms with E-state index in [-0.39, 0.29) is 4.90 Å². The molecule has 146 valence electrons. The lowest BCUT2D eigenvalue weighted by atomic mass is 10.1. The normalized spacial score (nSPS) is 16.1. The third-order valence-electron chi connectivity index (χ3n) is 4.87. The van der Waals surface area contributed by atoms with Gasteiger partial charge >= 0.3 is 0 Å². The Hall–Kier alpha value is -2.84. The van der Waals surface area contributed by atoms with E-state index in [9.17, 15) is 8.42 Å². The van der Waals surface area contributed by atoms with Crippen molar-refractivity contribution in [1.82, 2.24) is 14.8 Å². The number of nitrogens with zero attached hydrogens (tertiary/aromatic N) is 3. The highest BCUT2D eigenvalue weighted by Crippen LogP contribution is 2.34. The third-order valence-corrected chi connectivity index (χ3v) is 7.31. The Bertz CT molecular complexity index is 1330. The largest absolute Gasteiger partial charge is 0.301 e. The lowest BCUT2D eigenvalue weighted by Crippen LogP contribution is -2.13. The van der Waals surface area contributed by atoms with Gasteiger partial charge in [-0.25, -0.2) is 8.42 Å². The van der Waals surface area contributed by atoms with Gasteiger partial charge in [-0.2, -0.15) is 0 Å². The lowest BCUT2D eigenvalue weighted by molar-refractivity contribution is 0.601. The smallest absolute Gasteiger partial charge is 0.261 e. The van der Waals surface area contributed by atoms with Gasteiger partial charge in [-0.3, -0.25) is 4.72 Å². The van der Waals surface area contributed by atoms with Crippen molar-refractivity contribution in [3.8, 4) is 11.4 Å². The van der Waals surface area contributed by atoms with Gasteiger partial charge in [0.15, 0.2) is 11.0 Å². The summed E-state index contributed by atoms with van der Waals surface area (Å²) in [5.41, 5.74) is 1.32. The predicted octanol–water partition coefficient (Wildman–Crippen LogP) is 4.39. The fraction of sp³-hybridized carbons (Fsp3) is 0.143. The van der Waals surface area contributed by atoms with Gasteiger partial charge in [-0.05, 0) is 35.0 Å². The molecule has 1 aliphatic heterocycles. The van der Waals surface area contributed by atoms with Crippen molar-refractivity contribution in [2.75, 3.05) is 4.72 Å². The van der Waals surface area contributed by atoms with E-state index in [2.05, 4.69) is 26.4 Å². The van der Waals surface area contributed by atoms with Crippen molar-refractivity contribution in [2.24, 2.45) is 0 Å². The maximum absolute atomic E-state index is 12.9. The molecule has 1 atom stereocenters. The van der Waals surface area contributed by atoms with Gasteiger partial charge in [0.05, 0.1) is 4.90 Å². The first-order valence-corrected chi connectivity index (χ1v) is 11.6. The Morgan fingerprint density at radius 2 is 1.83 bits per heavy atom. The second kappa shape index (κ2) is 6.89. The van der Waals surface area contributed by atoms with Gasteiger partial charge < -0.3 is 4.57 Å². The molecule has 4 aromatic rings. The standard InChI is InChI=1S/C21H18N4O2S2/c1-14-13-25-20(22-23-21(25)28-14)17-7-4-8-18(11-17)24-29(26,27)19-10-9-15-5-2-3-6-16(15)12-19/h2-12,14,24H,13H2,1H3/t14-/m1/s1. The monoisotopic (exact) mass is 422 g/mol. The highest BCUT2D eigenvalue weighted by Gasteiger charge is 2.24. The zero-order chi connectivity index (χ0) is 20.0. The Balaban J connectivity index is 1.47. The van der Waals surface area contributed by atoms with E-state index in [1.807, 2.05) is 42.5 Å². The van der Waals surface area contributed by atoms with E-state index in [1.165, 1.54) is 0 Å². The number of hydrogen-bond donors (Lipinski definition) is 1. The van der Waals surface area contributed by atoms with E-state index in [4.69, 9.17) is 0 Å². The average molecular weight is 423 g/mol. The topological polar surface area (TPSA) is 76.9 Å². The van der Waals surface area contributed by atoms with Gasteiger partial charge in [0.2, 0.25) is 0 Å². The molecule has 0 aliphatic carbocycles. The summed E-state index contributed by atoms with van der Waals surface area (Å²) in [5, 5.41) is 11.8. The van der Waals surface area contributed by atoms with E-state index in [1.54, 1.807) is 36.0 Å². The fourth-order valence-electron chi connectivity index (χ4n) is 3.50. The molecule has 0 bridgehead atoms. The van der Waals surface area contributed by atoms with Crippen LogP contribution in [-0.4, -0.2) is 28.4 Å². The van der Waals surface area contributed by atoms with Crippen LogP contribution in [0.4, 0.5) is 5.69 Å².